The Hall–Kier alpha value is -1.42. The highest BCUT2D eigenvalue weighted by atomic mass is 35.5. The van der Waals surface area contributed by atoms with Crippen molar-refractivity contribution >= 4 is 51.5 Å². The molecule has 0 fully saturated rings. The van der Waals surface area contributed by atoms with Gasteiger partial charge in [-0.3, -0.25) is 0 Å². The van der Waals surface area contributed by atoms with Crippen molar-refractivity contribution in [2.45, 2.75) is 0 Å². The molecule has 0 saturated carbocycles. The van der Waals surface area contributed by atoms with Crippen LogP contribution in [0.5, 0.6) is 0 Å². The molecule has 6 heteroatoms. The molecule has 96 valence electrons. The molecule has 0 aliphatic heterocycles. The number of anilines is 1. The van der Waals surface area contributed by atoms with Gasteiger partial charge >= 0.3 is 0 Å². The van der Waals surface area contributed by atoms with E-state index in [9.17, 15) is 0 Å². The minimum absolute atomic E-state index is 0.362. The largest absolute Gasteiger partial charge is 0.396 e. The Labute approximate surface area is 124 Å². The van der Waals surface area contributed by atoms with E-state index in [-0.39, 0.29) is 0 Å². The molecule has 0 amide bonds. The van der Waals surface area contributed by atoms with E-state index in [1.807, 2.05) is 12.1 Å². The molecule has 0 unspecified atom stereocenters. The van der Waals surface area contributed by atoms with Crippen molar-refractivity contribution < 1.29 is 0 Å². The third-order valence-corrected chi connectivity index (χ3v) is 3.75. The van der Waals surface area contributed by atoms with Gasteiger partial charge in [0.1, 0.15) is 11.3 Å². The van der Waals surface area contributed by atoms with E-state index in [4.69, 9.17) is 40.5 Å². The summed E-state index contributed by atoms with van der Waals surface area (Å²) in [7, 11) is 0. The van der Waals surface area contributed by atoms with Gasteiger partial charge in [-0.15, -0.1) is 0 Å². The molecular formula is C13H8Cl3N3. The smallest absolute Gasteiger partial charge is 0.138 e. The fourth-order valence-corrected chi connectivity index (χ4v) is 2.56. The lowest BCUT2D eigenvalue weighted by Crippen LogP contribution is -1.89. The Balaban J connectivity index is 2.22. The van der Waals surface area contributed by atoms with Gasteiger partial charge in [-0.1, -0.05) is 40.9 Å². The van der Waals surface area contributed by atoms with Crippen molar-refractivity contribution in [2.75, 3.05) is 5.73 Å². The third-order valence-electron chi connectivity index (χ3n) is 2.82. The van der Waals surface area contributed by atoms with Gasteiger partial charge in [0.2, 0.25) is 0 Å². The summed E-state index contributed by atoms with van der Waals surface area (Å²) in [5.41, 5.74) is 8.40. The second-order valence-corrected chi connectivity index (χ2v) is 5.30. The van der Waals surface area contributed by atoms with Gasteiger partial charge < -0.3 is 10.7 Å². The summed E-state index contributed by atoms with van der Waals surface area (Å²) in [6.45, 7) is 0. The highest BCUT2D eigenvalue weighted by Crippen LogP contribution is 2.33. The van der Waals surface area contributed by atoms with E-state index >= 15 is 0 Å². The number of aromatic amines is 1. The van der Waals surface area contributed by atoms with Crippen molar-refractivity contribution in [3.63, 3.8) is 0 Å². The number of nitrogens with one attached hydrogen (secondary N) is 1. The second-order valence-electron chi connectivity index (χ2n) is 4.07. The van der Waals surface area contributed by atoms with Crippen molar-refractivity contribution in [3.05, 3.63) is 45.4 Å². The lowest BCUT2D eigenvalue weighted by molar-refractivity contribution is 1.34. The Morgan fingerprint density at radius 3 is 2.32 bits per heavy atom. The SMILES string of the molecule is Nc1c(Cl)cc(-c2nc3c(Cl)cccc3[nH]2)cc1Cl. The molecule has 1 heterocycles. The summed E-state index contributed by atoms with van der Waals surface area (Å²) in [6.07, 6.45) is 0. The van der Waals surface area contributed by atoms with Gasteiger partial charge in [-0.2, -0.15) is 0 Å². The number of hydrogen-bond donors (Lipinski definition) is 2. The van der Waals surface area contributed by atoms with Crippen LogP contribution in [0.25, 0.3) is 22.4 Å². The Bertz CT molecular complexity index is 757. The first-order valence-corrected chi connectivity index (χ1v) is 6.59. The van der Waals surface area contributed by atoms with Crippen LogP contribution in [-0.2, 0) is 0 Å². The van der Waals surface area contributed by atoms with Crippen LogP contribution >= 0.6 is 34.8 Å². The fraction of sp³-hybridized carbons (Fsp3) is 0. The van der Waals surface area contributed by atoms with Crippen LogP contribution in [0, 0.1) is 0 Å². The zero-order chi connectivity index (χ0) is 13.6. The molecule has 1 aromatic heterocycles. The number of para-hydroxylation sites is 1. The number of nitrogen functional groups attached to an aromatic ring is 1. The molecule has 0 saturated heterocycles. The number of H-pyrrole nitrogens is 1. The van der Waals surface area contributed by atoms with E-state index in [2.05, 4.69) is 9.97 Å². The minimum atomic E-state index is 0.362. The molecule has 2 aromatic carbocycles. The van der Waals surface area contributed by atoms with Gasteiger partial charge in [-0.25, -0.2) is 4.98 Å². The Morgan fingerprint density at radius 1 is 1.00 bits per heavy atom. The van der Waals surface area contributed by atoms with Crippen molar-refractivity contribution in [3.8, 4) is 11.4 Å². The molecule has 3 N–H and O–H groups in total. The van der Waals surface area contributed by atoms with Gasteiger partial charge in [0.15, 0.2) is 0 Å². The highest BCUT2D eigenvalue weighted by Gasteiger charge is 2.11. The number of halogens is 3. The lowest BCUT2D eigenvalue weighted by Gasteiger charge is -2.03. The lowest BCUT2D eigenvalue weighted by atomic mass is 10.2. The molecule has 3 nitrogen and oxygen atoms in total. The number of rotatable bonds is 1. The summed E-state index contributed by atoms with van der Waals surface area (Å²) in [4.78, 5) is 7.62. The number of aromatic nitrogens is 2. The van der Waals surface area contributed by atoms with Crippen LogP contribution in [0.4, 0.5) is 5.69 Å². The zero-order valence-corrected chi connectivity index (χ0v) is 11.8. The quantitative estimate of drug-likeness (QED) is 0.636. The predicted molar refractivity (Wildman–Crippen MR) is 81.0 cm³/mol. The van der Waals surface area contributed by atoms with Gasteiger partial charge in [0.05, 0.1) is 26.3 Å². The predicted octanol–water partition coefficient (Wildman–Crippen LogP) is 4.77. The molecule has 0 aliphatic carbocycles. The van der Waals surface area contributed by atoms with Crippen molar-refractivity contribution in [2.24, 2.45) is 0 Å². The first-order valence-electron chi connectivity index (χ1n) is 5.45. The molecule has 0 spiro atoms. The van der Waals surface area contributed by atoms with Crippen molar-refractivity contribution in [1.82, 2.24) is 9.97 Å². The fourth-order valence-electron chi connectivity index (χ4n) is 1.85. The van der Waals surface area contributed by atoms with E-state index in [1.54, 1.807) is 18.2 Å². The zero-order valence-electron chi connectivity index (χ0n) is 9.55. The number of benzene rings is 2. The Kier molecular flexibility index (Phi) is 3.05. The third kappa shape index (κ3) is 2.14. The molecular weight excluding hydrogens is 305 g/mol. The normalized spacial score (nSPS) is 11.1. The van der Waals surface area contributed by atoms with Crippen LogP contribution in [0.1, 0.15) is 0 Å². The average molecular weight is 313 g/mol. The molecule has 3 rings (SSSR count). The average Bonchev–Trinajstić information content (AvgIpc) is 2.81. The maximum absolute atomic E-state index is 6.09. The molecule has 3 aromatic rings. The maximum Gasteiger partial charge on any atom is 0.138 e. The highest BCUT2D eigenvalue weighted by molar-refractivity contribution is 6.39. The first-order chi connectivity index (χ1) is 9.06. The van der Waals surface area contributed by atoms with Crippen LogP contribution in [0.2, 0.25) is 15.1 Å². The number of nitrogens with zero attached hydrogens (tertiary/aromatic N) is 1. The molecule has 0 atom stereocenters. The number of fused-ring (bicyclic) bond motifs is 1. The maximum atomic E-state index is 6.09. The van der Waals surface area contributed by atoms with E-state index in [0.717, 1.165) is 11.1 Å². The molecule has 0 aliphatic rings. The summed E-state index contributed by atoms with van der Waals surface area (Å²) < 4.78 is 0. The second kappa shape index (κ2) is 4.60. The number of hydrogen-bond acceptors (Lipinski definition) is 2. The van der Waals surface area contributed by atoms with E-state index in [0.29, 0.717) is 32.1 Å². The topological polar surface area (TPSA) is 54.7 Å². The Morgan fingerprint density at radius 2 is 1.68 bits per heavy atom. The van der Waals surface area contributed by atoms with E-state index in [1.165, 1.54) is 0 Å². The van der Waals surface area contributed by atoms with Crippen molar-refractivity contribution in [1.29, 1.82) is 0 Å². The molecule has 0 radical (unpaired) electrons. The molecule has 0 bridgehead atoms. The summed E-state index contributed by atoms with van der Waals surface area (Å²) >= 11 is 18.1. The number of nitrogens with two attached hydrogens (primary N) is 1. The van der Waals surface area contributed by atoms with Gasteiger partial charge in [0, 0.05) is 5.56 Å². The standard InChI is InChI=1S/C13H8Cl3N3/c14-7-2-1-3-10-12(7)19-13(18-10)6-4-8(15)11(17)9(16)5-6/h1-5H,17H2,(H,18,19). The minimum Gasteiger partial charge on any atom is -0.396 e. The summed E-state index contributed by atoms with van der Waals surface area (Å²) in [6, 6.07) is 8.98. The monoisotopic (exact) mass is 311 g/mol. The summed E-state index contributed by atoms with van der Waals surface area (Å²) in [5.74, 6) is 0.645. The van der Waals surface area contributed by atoms with Crippen LogP contribution in [-0.4, -0.2) is 9.97 Å². The number of imidazole rings is 1. The van der Waals surface area contributed by atoms with Crippen LogP contribution in [0.15, 0.2) is 30.3 Å². The van der Waals surface area contributed by atoms with Crippen LogP contribution in [0.3, 0.4) is 0 Å². The molecule has 19 heavy (non-hydrogen) atoms. The van der Waals surface area contributed by atoms with Gasteiger partial charge in [0.25, 0.3) is 0 Å². The van der Waals surface area contributed by atoms with Gasteiger partial charge in [-0.05, 0) is 24.3 Å². The van der Waals surface area contributed by atoms with Crippen LogP contribution < -0.4 is 5.73 Å². The summed E-state index contributed by atoms with van der Waals surface area (Å²) in [5, 5.41) is 1.38. The van der Waals surface area contributed by atoms with E-state index < -0.39 is 0 Å². The first kappa shape index (κ1) is 12.6.